The molecule has 0 atom stereocenters. The van der Waals surface area contributed by atoms with E-state index in [0.717, 1.165) is 0 Å². The predicted octanol–water partition coefficient (Wildman–Crippen LogP) is 1.85. The lowest BCUT2D eigenvalue weighted by molar-refractivity contribution is -0.150. The van der Waals surface area contributed by atoms with E-state index >= 15 is 0 Å². The second-order valence-electron chi connectivity index (χ2n) is 3.24. The Balaban J connectivity index is 3.99. The SMILES string of the molecule is C=C(CF)C(=O)OC(C)(C)C. The van der Waals surface area contributed by atoms with Crippen molar-refractivity contribution in [2.75, 3.05) is 6.67 Å². The Morgan fingerprint density at radius 1 is 1.55 bits per heavy atom. The van der Waals surface area contributed by atoms with Crippen LogP contribution < -0.4 is 0 Å². The molecule has 0 bridgehead atoms. The molecule has 2 nitrogen and oxygen atoms in total. The molecule has 0 unspecified atom stereocenters. The average molecular weight is 160 g/mol. The van der Waals surface area contributed by atoms with Crippen LogP contribution in [0.15, 0.2) is 12.2 Å². The molecule has 0 aliphatic rings. The van der Waals surface area contributed by atoms with Gasteiger partial charge in [0.15, 0.2) is 0 Å². The highest BCUT2D eigenvalue weighted by Crippen LogP contribution is 2.09. The van der Waals surface area contributed by atoms with Crippen LogP contribution in [0, 0.1) is 0 Å². The first-order valence-electron chi connectivity index (χ1n) is 3.34. The Labute approximate surface area is 66.0 Å². The Bertz CT molecular complexity index is 167. The molecule has 0 aromatic rings. The minimum atomic E-state index is -0.852. The summed E-state index contributed by atoms with van der Waals surface area (Å²) in [6, 6.07) is 0. The van der Waals surface area contributed by atoms with Gasteiger partial charge >= 0.3 is 5.97 Å². The maximum atomic E-state index is 11.8. The molecule has 0 N–H and O–H groups in total. The van der Waals surface area contributed by atoms with Crippen molar-refractivity contribution in [3.63, 3.8) is 0 Å². The van der Waals surface area contributed by atoms with E-state index in [1.807, 2.05) is 0 Å². The zero-order chi connectivity index (χ0) is 9.07. The summed E-state index contributed by atoms with van der Waals surface area (Å²) in [5, 5.41) is 0. The van der Waals surface area contributed by atoms with Crippen molar-refractivity contribution >= 4 is 5.97 Å². The number of halogens is 1. The number of hydrogen-bond donors (Lipinski definition) is 0. The number of carbonyl (C=O) groups is 1. The molecule has 0 aliphatic heterocycles. The van der Waals surface area contributed by atoms with Gasteiger partial charge in [-0.1, -0.05) is 6.58 Å². The van der Waals surface area contributed by atoms with Crippen molar-refractivity contribution in [2.24, 2.45) is 0 Å². The molecular weight excluding hydrogens is 147 g/mol. The van der Waals surface area contributed by atoms with E-state index in [4.69, 9.17) is 4.74 Å². The lowest BCUT2D eigenvalue weighted by Crippen LogP contribution is -2.25. The third kappa shape index (κ3) is 4.53. The first-order chi connectivity index (χ1) is 4.87. The molecule has 0 spiro atoms. The largest absolute Gasteiger partial charge is 0.457 e. The van der Waals surface area contributed by atoms with Crippen LogP contribution in [0.4, 0.5) is 4.39 Å². The molecular formula is C8H13FO2. The summed E-state index contributed by atoms with van der Waals surface area (Å²) in [4.78, 5) is 10.8. The van der Waals surface area contributed by atoms with E-state index in [9.17, 15) is 9.18 Å². The number of hydrogen-bond acceptors (Lipinski definition) is 2. The van der Waals surface area contributed by atoms with Crippen LogP contribution in [-0.2, 0) is 9.53 Å². The summed E-state index contributed by atoms with van der Waals surface area (Å²) in [5.41, 5.74) is -0.713. The zero-order valence-corrected chi connectivity index (χ0v) is 7.11. The van der Waals surface area contributed by atoms with E-state index in [2.05, 4.69) is 6.58 Å². The van der Waals surface area contributed by atoms with Crippen molar-refractivity contribution in [3.8, 4) is 0 Å². The van der Waals surface area contributed by atoms with Crippen LogP contribution >= 0.6 is 0 Å². The molecule has 0 aromatic heterocycles. The van der Waals surface area contributed by atoms with Gasteiger partial charge in [-0.25, -0.2) is 9.18 Å². The molecule has 0 rings (SSSR count). The number of ether oxygens (including phenoxy) is 1. The van der Waals surface area contributed by atoms with Crippen molar-refractivity contribution < 1.29 is 13.9 Å². The number of rotatable bonds is 2. The van der Waals surface area contributed by atoms with Gasteiger partial charge < -0.3 is 4.74 Å². The van der Waals surface area contributed by atoms with Gasteiger partial charge in [0.2, 0.25) is 0 Å². The molecule has 0 saturated heterocycles. The van der Waals surface area contributed by atoms with Gasteiger partial charge in [-0.3, -0.25) is 0 Å². The average Bonchev–Trinajstić information content (AvgIpc) is 1.82. The highest BCUT2D eigenvalue weighted by Gasteiger charge is 2.17. The fourth-order valence-corrected chi connectivity index (χ4v) is 0.405. The third-order valence-corrected chi connectivity index (χ3v) is 0.849. The predicted molar refractivity (Wildman–Crippen MR) is 41.0 cm³/mol. The number of esters is 1. The summed E-state index contributed by atoms with van der Waals surface area (Å²) >= 11 is 0. The van der Waals surface area contributed by atoms with Gasteiger partial charge in [-0.2, -0.15) is 0 Å². The van der Waals surface area contributed by atoms with Crippen LogP contribution in [0.2, 0.25) is 0 Å². The topological polar surface area (TPSA) is 26.3 Å². The molecule has 3 heteroatoms. The Hall–Kier alpha value is -0.860. The maximum Gasteiger partial charge on any atom is 0.336 e. The monoisotopic (exact) mass is 160 g/mol. The van der Waals surface area contributed by atoms with Crippen LogP contribution in [-0.4, -0.2) is 18.2 Å². The fraction of sp³-hybridized carbons (Fsp3) is 0.625. The molecule has 0 aliphatic carbocycles. The van der Waals surface area contributed by atoms with Gasteiger partial charge in [0.25, 0.3) is 0 Å². The summed E-state index contributed by atoms with van der Waals surface area (Å²) in [6.07, 6.45) is 0. The van der Waals surface area contributed by atoms with Gasteiger partial charge in [0.05, 0.1) is 5.57 Å². The molecule has 0 radical (unpaired) electrons. The van der Waals surface area contributed by atoms with Crippen LogP contribution in [0.3, 0.4) is 0 Å². The molecule has 0 heterocycles. The summed E-state index contributed by atoms with van der Waals surface area (Å²) in [6.45, 7) is 7.51. The van der Waals surface area contributed by atoms with E-state index in [1.165, 1.54) is 0 Å². The standard InChI is InChI=1S/C8H13FO2/c1-6(5-9)7(10)11-8(2,3)4/h1,5H2,2-4H3. The minimum absolute atomic E-state index is 0.139. The lowest BCUT2D eigenvalue weighted by Gasteiger charge is -2.19. The van der Waals surface area contributed by atoms with Gasteiger partial charge in [-0.05, 0) is 20.8 Å². The first kappa shape index (κ1) is 10.1. The Morgan fingerprint density at radius 3 is 2.27 bits per heavy atom. The zero-order valence-electron chi connectivity index (χ0n) is 7.11. The number of carbonyl (C=O) groups excluding carboxylic acids is 1. The molecule has 64 valence electrons. The summed E-state index contributed by atoms with van der Waals surface area (Å²) < 4.78 is 16.6. The van der Waals surface area contributed by atoms with Gasteiger partial charge in [0, 0.05) is 0 Å². The molecule has 11 heavy (non-hydrogen) atoms. The van der Waals surface area contributed by atoms with E-state index < -0.39 is 18.2 Å². The van der Waals surface area contributed by atoms with E-state index in [1.54, 1.807) is 20.8 Å². The second kappa shape index (κ2) is 3.51. The van der Waals surface area contributed by atoms with Crippen molar-refractivity contribution in [1.82, 2.24) is 0 Å². The second-order valence-corrected chi connectivity index (χ2v) is 3.24. The third-order valence-electron chi connectivity index (χ3n) is 0.849. The normalized spacial score (nSPS) is 10.9. The van der Waals surface area contributed by atoms with Gasteiger partial charge in [0.1, 0.15) is 12.3 Å². The molecule has 0 amide bonds. The Morgan fingerprint density at radius 2 is 2.00 bits per heavy atom. The highest BCUT2D eigenvalue weighted by atomic mass is 19.1. The smallest absolute Gasteiger partial charge is 0.336 e. The Kier molecular flexibility index (Phi) is 3.23. The molecule has 0 saturated carbocycles. The van der Waals surface area contributed by atoms with Gasteiger partial charge in [-0.15, -0.1) is 0 Å². The van der Waals surface area contributed by atoms with Crippen molar-refractivity contribution in [3.05, 3.63) is 12.2 Å². The molecule has 0 fully saturated rings. The number of alkyl halides is 1. The quantitative estimate of drug-likeness (QED) is 0.455. The van der Waals surface area contributed by atoms with Crippen LogP contribution in [0.25, 0.3) is 0 Å². The van der Waals surface area contributed by atoms with E-state index in [0.29, 0.717) is 0 Å². The lowest BCUT2D eigenvalue weighted by atomic mass is 10.2. The van der Waals surface area contributed by atoms with Crippen molar-refractivity contribution in [1.29, 1.82) is 0 Å². The van der Waals surface area contributed by atoms with Crippen LogP contribution in [0.1, 0.15) is 20.8 Å². The minimum Gasteiger partial charge on any atom is -0.457 e. The fourth-order valence-electron chi connectivity index (χ4n) is 0.405. The highest BCUT2D eigenvalue weighted by molar-refractivity contribution is 5.88. The maximum absolute atomic E-state index is 11.8. The molecule has 0 aromatic carbocycles. The first-order valence-corrected chi connectivity index (χ1v) is 3.34. The summed E-state index contributed by atoms with van der Waals surface area (Å²) in [5.74, 6) is -0.667. The van der Waals surface area contributed by atoms with Crippen LogP contribution in [0.5, 0.6) is 0 Å². The van der Waals surface area contributed by atoms with Crippen molar-refractivity contribution in [2.45, 2.75) is 26.4 Å². The van der Waals surface area contributed by atoms with E-state index in [-0.39, 0.29) is 5.57 Å². The summed E-state index contributed by atoms with van der Waals surface area (Å²) in [7, 11) is 0.